The Morgan fingerprint density at radius 3 is 2.77 bits per heavy atom. The third kappa shape index (κ3) is 2.37. The number of aromatic nitrogens is 3. The van der Waals surface area contributed by atoms with Crippen LogP contribution in [0.3, 0.4) is 0 Å². The van der Waals surface area contributed by atoms with Gasteiger partial charge in [0.2, 0.25) is 0 Å². The summed E-state index contributed by atoms with van der Waals surface area (Å²) in [5.74, 6) is 7.24. The molecule has 4 rings (SSSR count). The summed E-state index contributed by atoms with van der Waals surface area (Å²) >= 11 is 0. The topological polar surface area (TPSA) is 41.6 Å². The Kier molecular flexibility index (Phi) is 3.36. The van der Waals surface area contributed by atoms with E-state index >= 15 is 0 Å². The molecule has 3 aromatic rings. The minimum absolute atomic E-state index is 0.670. The molecule has 0 saturated heterocycles. The Labute approximate surface area is 129 Å². The highest BCUT2D eigenvalue weighted by Crippen LogP contribution is 2.35. The number of nitrogens with zero attached hydrogens (tertiary/aromatic N) is 2. The van der Waals surface area contributed by atoms with Crippen molar-refractivity contribution in [3.05, 3.63) is 59.7 Å². The van der Waals surface area contributed by atoms with Crippen LogP contribution in [0.4, 0.5) is 0 Å². The summed E-state index contributed by atoms with van der Waals surface area (Å²) in [6.07, 6.45) is 8.68. The molecule has 0 bridgehead atoms. The molecule has 1 aliphatic carbocycles. The van der Waals surface area contributed by atoms with Crippen LogP contribution in [0.1, 0.15) is 48.4 Å². The van der Waals surface area contributed by atoms with E-state index in [0.717, 1.165) is 22.3 Å². The van der Waals surface area contributed by atoms with Gasteiger partial charge in [-0.1, -0.05) is 37.0 Å². The predicted octanol–water partition coefficient (Wildman–Crippen LogP) is 4.02. The minimum atomic E-state index is 0.670. The van der Waals surface area contributed by atoms with Gasteiger partial charge in [0.25, 0.3) is 0 Å². The highest BCUT2D eigenvalue weighted by molar-refractivity contribution is 5.80. The molecule has 3 nitrogen and oxygen atoms in total. The molecule has 2 heterocycles. The van der Waals surface area contributed by atoms with Gasteiger partial charge >= 0.3 is 0 Å². The summed E-state index contributed by atoms with van der Waals surface area (Å²) in [5, 5.41) is 0.980. The summed E-state index contributed by atoms with van der Waals surface area (Å²) in [7, 11) is 0. The number of benzene rings is 1. The molecule has 22 heavy (non-hydrogen) atoms. The van der Waals surface area contributed by atoms with Gasteiger partial charge in [0, 0.05) is 11.8 Å². The molecule has 0 unspecified atom stereocenters. The van der Waals surface area contributed by atoms with E-state index in [1.54, 1.807) is 6.33 Å². The minimum Gasteiger partial charge on any atom is -0.346 e. The number of aromatic amines is 1. The lowest BCUT2D eigenvalue weighted by Crippen LogP contribution is -1.96. The lowest BCUT2D eigenvalue weighted by molar-refractivity contribution is 0.721. The maximum Gasteiger partial charge on any atom is 0.141 e. The normalized spacial score (nSPS) is 14.9. The van der Waals surface area contributed by atoms with Crippen molar-refractivity contribution in [3.8, 4) is 11.8 Å². The first-order chi connectivity index (χ1) is 10.9. The van der Waals surface area contributed by atoms with Gasteiger partial charge in [0.15, 0.2) is 0 Å². The van der Waals surface area contributed by atoms with Gasteiger partial charge in [-0.25, -0.2) is 9.97 Å². The molecule has 1 saturated carbocycles. The highest BCUT2D eigenvalue weighted by Gasteiger charge is 2.18. The molecule has 0 spiro atoms. The van der Waals surface area contributed by atoms with Crippen LogP contribution in [0.5, 0.6) is 0 Å². The summed E-state index contributed by atoms with van der Waals surface area (Å²) < 4.78 is 0. The molecule has 1 aliphatic rings. The molecule has 0 aliphatic heterocycles. The Hall–Kier alpha value is -2.60. The molecule has 0 radical (unpaired) electrons. The van der Waals surface area contributed by atoms with Crippen molar-refractivity contribution in [1.82, 2.24) is 15.0 Å². The quantitative estimate of drug-likeness (QED) is 0.687. The van der Waals surface area contributed by atoms with Gasteiger partial charge in [-0.05, 0) is 42.4 Å². The molecule has 0 amide bonds. The van der Waals surface area contributed by atoms with Crippen molar-refractivity contribution < 1.29 is 0 Å². The molecule has 0 atom stereocenters. The van der Waals surface area contributed by atoms with Crippen molar-refractivity contribution in [2.75, 3.05) is 0 Å². The fourth-order valence-corrected chi connectivity index (χ4v) is 3.30. The van der Waals surface area contributed by atoms with Gasteiger partial charge in [0.1, 0.15) is 17.7 Å². The zero-order valence-corrected chi connectivity index (χ0v) is 12.3. The highest BCUT2D eigenvalue weighted by atomic mass is 14.9. The first-order valence-electron chi connectivity index (χ1n) is 7.81. The summed E-state index contributed by atoms with van der Waals surface area (Å²) in [4.78, 5) is 11.6. The lowest BCUT2D eigenvalue weighted by Gasteiger charge is -2.11. The molecule has 3 heteroatoms. The van der Waals surface area contributed by atoms with Crippen LogP contribution in [-0.2, 0) is 0 Å². The van der Waals surface area contributed by atoms with E-state index in [1.165, 1.54) is 31.2 Å². The van der Waals surface area contributed by atoms with Crippen molar-refractivity contribution in [1.29, 1.82) is 0 Å². The van der Waals surface area contributed by atoms with Gasteiger partial charge in [-0.2, -0.15) is 0 Å². The van der Waals surface area contributed by atoms with Crippen LogP contribution in [0, 0.1) is 11.8 Å². The second kappa shape index (κ2) is 5.65. The maximum absolute atomic E-state index is 4.32. The first kappa shape index (κ1) is 13.1. The zero-order chi connectivity index (χ0) is 14.8. The monoisotopic (exact) mass is 287 g/mol. The molecule has 1 aromatic carbocycles. The van der Waals surface area contributed by atoms with Crippen LogP contribution >= 0.6 is 0 Å². The van der Waals surface area contributed by atoms with Gasteiger partial charge in [-0.3, -0.25) is 0 Å². The molecule has 108 valence electrons. The Morgan fingerprint density at radius 2 is 1.86 bits per heavy atom. The number of hydrogen-bond donors (Lipinski definition) is 1. The fourth-order valence-electron chi connectivity index (χ4n) is 3.30. The van der Waals surface area contributed by atoms with Crippen LogP contribution in [0.2, 0.25) is 0 Å². The second-order valence-corrected chi connectivity index (χ2v) is 5.78. The molecular weight excluding hydrogens is 270 g/mol. The third-order valence-electron chi connectivity index (χ3n) is 4.43. The van der Waals surface area contributed by atoms with E-state index < -0.39 is 0 Å². The fraction of sp³-hybridized carbons (Fsp3) is 0.263. The second-order valence-electron chi connectivity index (χ2n) is 5.78. The number of nitrogens with one attached hydrogen (secondary N) is 1. The number of fused-ring (bicyclic) bond motifs is 1. The Bertz CT molecular complexity index is 861. The number of hydrogen-bond acceptors (Lipinski definition) is 2. The zero-order valence-electron chi connectivity index (χ0n) is 12.3. The third-order valence-corrected chi connectivity index (χ3v) is 4.43. The molecule has 2 aromatic heterocycles. The number of H-pyrrole nitrogens is 1. The van der Waals surface area contributed by atoms with E-state index in [2.05, 4.69) is 51.1 Å². The molecule has 1 fully saturated rings. The summed E-state index contributed by atoms with van der Waals surface area (Å²) in [5.41, 5.74) is 4.15. The Balaban J connectivity index is 1.74. The largest absolute Gasteiger partial charge is 0.346 e. The van der Waals surface area contributed by atoms with Crippen molar-refractivity contribution >= 4 is 11.0 Å². The van der Waals surface area contributed by atoms with Crippen LogP contribution in [0.25, 0.3) is 11.0 Å². The standard InChI is InChI=1S/C19H17N3/c1-2-6-14(5-1)16-8-4-3-7-15(16)9-10-18-17-11-12-20-19(17)22-13-21-18/h3-4,7-8,11-14H,1-2,5-6H2,(H,20,21,22). The van der Waals surface area contributed by atoms with Gasteiger partial charge in [-0.15, -0.1) is 0 Å². The molecular formula is C19H17N3. The van der Waals surface area contributed by atoms with Crippen LogP contribution in [0.15, 0.2) is 42.9 Å². The lowest BCUT2D eigenvalue weighted by atomic mass is 9.93. The predicted molar refractivity (Wildman–Crippen MR) is 87.5 cm³/mol. The van der Waals surface area contributed by atoms with Crippen LogP contribution < -0.4 is 0 Å². The Morgan fingerprint density at radius 1 is 1.00 bits per heavy atom. The van der Waals surface area contributed by atoms with E-state index in [4.69, 9.17) is 0 Å². The SMILES string of the molecule is C(#Cc1ncnc2[nH]ccc12)c1ccccc1C1CCCC1. The van der Waals surface area contributed by atoms with E-state index in [0.29, 0.717) is 5.92 Å². The van der Waals surface area contributed by atoms with Gasteiger partial charge < -0.3 is 4.98 Å². The van der Waals surface area contributed by atoms with Crippen molar-refractivity contribution in [2.45, 2.75) is 31.6 Å². The smallest absolute Gasteiger partial charge is 0.141 e. The average Bonchev–Trinajstić information content (AvgIpc) is 3.24. The van der Waals surface area contributed by atoms with Gasteiger partial charge in [0.05, 0.1) is 5.39 Å². The van der Waals surface area contributed by atoms with E-state index in [-0.39, 0.29) is 0 Å². The first-order valence-corrected chi connectivity index (χ1v) is 7.81. The van der Waals surface area contributed by atoms with Crippen molar-refractivity contribution in [2.24, 2.45) is 0 Å². The summed E-state index contributed by atoms with van der Waals surface area (Å²) in [6, 6.07) is 10.5. The summed E-state index contributed by atoms with van der Waals surface area (Å²) in [6.45, 7) is 0. The van der Waals surface area contributed by atoms with E-state index in [1.807, 2.05) is 12.3 Å². The average molecular weight is 287 g/mol. The van der Waals surface area contributed by atoms with Crippen LogP contribution in [-0.4, -0.2) is 15.0 Å². The molecule has 1 N–H and O–H groups in total. The maximum atomic E-state index is 4.32. The number of rotatable bonds is 1. The van der Waals surface area contributed by atoms with E-state index in [9.17, 15) is 0 Å². The van der Waals surface area contributed by atoms with Crippen molar-refractivity contribution in [3.63, 3.8) is 0 Å².